The summed E-state index contributed by atoms with van der Waals surface area (Å²) in [5, 5.41) is 9.98. The van der Waals surface area contributed by atoms with Crippen LogP contribution in [-0.2, 0) is 0 Å². The first-order valence-corrected chi connectivity index (χ1v) is 9.08. The van der Waals surface area contributed by atoms with E-state index >= 15 is 0 Å². The molecule has 0 aromatic carbocycles. The quantitative estimate of drug-likeness (QED) is 0.671. The lowest BCUT2D eigenvalue weighted by Gasteiger charge is -2.59. The second kappa shape index (κ2) is 4.58. The highest BCUT2D eigenvalue weighted by Crippen LogP contribution is 2.64. The highest BCUT2D eigenvalue weighted by Gasteiger charge is 2.58. The maximum Gasteiger partial charge on any atom is 0.0724 e. The van der Waals surface area contributed by atoms with E-state index < -0.39 is 0 Å². The summed E-state index contributed by atoms with van der Waals surface area (Å²) >= 11 is 0. The molecule has 0 amide bonds. The van der Waals surface area contributed by atoms with E-state index in [9.17, 15) is 5.11 Å². The van der Waals surface area contributed by atoms with E-state index in [-0.39, 0.29) is 6.10 Å². The SMILES string of the molecule is C[C@]12C=CC(O)CC1CC[C@@H]1[C@H]2CC[C@]2(C)C(N)CC[C@@H]12. The summed E-state index contributed by atoms with van der Waals surface area (Å²) in [7, 11) is 0. The van der Waals surface area contributed by atoms with Crippen molar-refractivity contribution in [3.8, 4) is 0 Å². The number of rotatable bonds is 0. The molecular formula is C19H31NO. The van der Waals surface area contributed by atoms with Gasteiger partial charge in [-0.25, -0.2) is 0 Å². The Balaban J connectivity index is 1.67. The van der Waals surface area contributed by atoms with Crippen molar-refractivity contribution >= 4 is 0 Å². The summed E-state index contributed by atoms with van der Waals surface area (Å²) in [5.74, 6) is 3.24. The van der Waals surface area contributed by atoms with Crippen molar-refractivity contribution in [2.75, 3.05) is 0 Å². The van der Waals surface area contributed by atoms with Gasteiger partial charge in [-0.15, -0.1) is 0 Å². The lowest BCUT2D eigenvalue weighted by Crippen LogP contribution is -2.54. The van der Waals surface area contributed by atoms with Gasteiger partial charge in [0.25, 0.3) is 0 Å². The van der Waals surface area contributed by atoms with Gasteiger partial charge in [-0.05, 0) is 79.4 Å². The van der Waals surface area contributed by atoms with Crippen molar-refractivity contribution in [2.24, 2.45) is 40.2 Å². The lowest BCUT2D eigenvalue weighted by molar-refractivity contribution is -0.0789. The predicted octanol–water partition coefficient (Wildman–Crippen LogP) is 3.49. The van der Waals surface area contributed by atoms with Crippen LogP contribution in [0.4, 0.5) is 0 Å². The molecule has 3 N–H and O–H groups in total. The molecule has 0 radical (unpaired) electrons. The van der Waals surface area contributed by atoms with Crippen LogP contribution < -0.4 is 5.73 Å². The van der Waals surface area contributed by atoms with Crippen molar-refractivity contribution < 1.29 is 5.11 Å². The monoisotopic (exact) mass is 289 g/mol. The summed E-state index contributed by atoms with van der Waals surface area (Å²) in [5.41, 5.74) is 7.22. The molecule has 4 aliphatic rings. The summed E-state index contributed by atoms with van der Waals surface area (Å²) in [4.78, 5) is 0. The van der Waals surface area contributed by atoms with Crippen LogP contribution in [-0.4, -0.2) is 17.3 Å². The zero-order valence-electron chi connectivity index (χ0n) is 13.6. The van der Waals surface area contributed by atoms with Crippen molar-refractivity contribution in [1.82, 2.24) is 0 Å². The number of aliphatic hydroxyl groups excluding tert-OH is 1. The molecule has 2 heteroatoms. The maximum atomic E-state index is 9.98. The topological polar surface area (TPSA) is 46.2 Å². The van der Waals surface area contributed by atoms with Crippen molar-refractivity contribution in [2.45, 2.75) is 70.9 Å². The molecule has 3 fully saturated rings. The fourth-order valence-corrected chi connectivity index (χ4v) is 6.83. The molecule has 0 bridgehead atoms. The molecule has 0 spiro atoms. The third-order valence-corrected chi connectivity index (χ3v) is 8.24. The average molecular weight is 289 g/mol. The van der Waals surface area contributed by atoms with E-state index in [1.807, 2.05) is 0 Å². The first-order chi connectivity index (χ1) is 9.95. The van der Waals surface area contributed by atoms with E-state index in [1.165, 1.54) is 38.5 Å². The fourth-order valence-electron chi connectivity index (χ4n) is 6.83. The fraction of sp³-hybridized carbons (Fsp3) is 0.895. The predicted molar refractivity (Wildman–Crippen MR) is 85.6 cm³/mol. The Hall–Kier alpha value is -0.340. The number of allylic oxidation sites excluding steroid dienone is 1. The largest absolute Gasteiger partial charge is 0.389 e. The van der Waals surface area contributed by atoms with E-state index in [1.54, 1.807) is 0 Å². The summed E-state index contributed by atoms with van der Waals surface area (Å²) in [6.07, 6.45) is 13.2. The Morgan fingerprint density at radius 2 is 1.86 bits per heavy atom. The number of aliphatic hydroxyl groups is 1. The molecule has 2 nitrogen and oxygen atoms in total. The average Bonchev–Trinajstić information content (AvgIpc) is 2.76. The third kappa shape index (κ3) is 1.84. The summed E-state index contributed by atoms with van der Waals surface area (Å²) in [6.45, 7) is 4.95. The van der Waals surface area contributed by atoms with Crippen molar-refractivity contribution in [3.63, 3.8) is 0 Å². The second-order valence-corrected chi connectivity index (χ2v) is 8.91. The zero-order chi connectivity index (χ0) is 14.8. The standard InChI is InChI=1S/C19H31NO/c1-18-9-7-13(21)11-12(18)3-4-14-15-5-6-17(20)19(15,2)10-8-16(14)18/h7,9,12-17,21H,3-6,8,10-11,20H2,1-2H3/t12?,13?,14-,15-,16+,17?,18-,19-/m0/s1. The smallest absolute Gasteiger partial charge is 0.0724 e. The third-order valence-electron chi connectivity index (χ3n) is 8.24. The molecule has 8 atom stereocenters. The van der Waals surface area contributed by atoms with Gasteiger partial charge in [0.2, 0.25) is 0 Å². The van der Waals surface area contributed by atoms with Gasteiger partial charge in [0.1, 0.15) is 0 Å². The van der Waals surface area contributed by atoms with Gasteiger partial charge in [-0.1, -0.05) is 26.0 Å². The first-order valence-electron chi connectivity index (χ1n) is 9.08. The van der Waals surface area contributed by atoms with Gasteiger partial charge >= 0.3 is 0 Å². The first kappa shape index (κ1) is 14.3. The van der Waals surface area contributed by atoms with Gasteiger partial charge < -0.3 is 10.8 Å². The van der Waals surface area contributed by atoms with Crippen LogP contribution >= 0.6 is 0 Å². The number of nitrogens with two attached hydrogens (primary N) is 1. The summed E-state index contributed by atoms with van der Waals surface area (Å²) < 4.78 is 0. The van der Waals surface area contributed by atoms with E-state index in [2.05, 4.69) is 26.0 Å². The number of hydrogen-bond acceptors (Lipinski definition) is 2. The van der Waals surface area contributed by atoms with Crippen LogP contribution in [0.2, 0.25) is 0 Å². The Morgan fingerprint density at radius 3 is 2.67 bits per heavy atom. The van der Waals surface area contributed by atoms with E-state index in [4.69, 9.17) is 5.73 Å². The molecule has 0 aromatic rings. The Kier molecular flexibility index (Phi) is 3.11. The highest BCUT2D eigenvalue weighted by atomic mass is 16.3. The van der Waals surface area contributed by atoms with Crippen LogP contribution in [0.5, 0.6) is 0 Å². The van der Waals surface area contributed by atoms with Crippen LogP contribution in [0.15, 0.2) is 12.2 Å². The minimum absolute atomic E-state index is 0.201. The minimum atomic E-state index is -0.201. The molecule has 118 valence electrons. The molecule has 4 aliphatic carbocycles. The minimum Gasteiger partial charge on any atom is -0.389 e. The van der Waals surface area contributed by atoms with Crippen LogP contribution in [0, 0.1) is 34.5 Å². The molecule has 0 heterocycles. The number of fused-ring (bicyclic) bond motifs is 5. The Morgan fingerprint density at radius 1 is 1.05 bits per heavy atom. The highest BCUT2D eigenvalue weighted by molar-refractivity contribution is 5.17. The molecule has 3 unspecified atom stereocenters. The number of hydrogen-bond donors (Lipinski definition) is 2. The molecule has 0 aromatic heterocycles. The van der Waals surface area contributed by atoms with Crippen molar-refractivity contribution in [1.29, 1.82) is 0 Å². The molecular weight excluding hydrogens is 258 g/mol. The molecule has 0 saturated heterocycles. The Bertz CT molecular complexity index is 460. The molecule has 0 aliphatic heterocycles. The van der Waals surface area contributed by atoms with Gasteiger partial charge in [0.15, 0.2) is 0 Å². The molecule has 4 rings (SSSR count). The van der Waals surface area contributed by atoms with Gasteiger partial charge in [0.05, 0.1) is 6.10 Å². The molecule has 3 saturated carbocycles. The molecule has 21 heavy (non-hydrogen) atoms. The maximum absolute atomic E-state index is 9.98. The normalized spacial score (nSPS) is 59.2. The Labute approximate surface area is 129 Å². The zero-order valence-corrected chi connectivity index (χ0v) is 13.6. The van der Waals surface area contributed by atoms with Crippen molar-refractivity contribution in [3.05, 3.63) is 12.2 Å². The van der Waals surface area contributed by atoms with Crippen LogP contribution in [0.1, 0.15) is 58.8 Å². The second-order valence-electron chi connectivity index (χ2n) is 8.91. The van der Waals surface area contributed by atoms with E-state index in [0.29, 0.717) is 22.8 Å². The summed E-state index contributed by atoms with van der Waals surface area (Å²) in [6, 6.07) is 0.428. The van der Waals surface area contributed by atoms with Gasteiger partial charge in [-0.3, -0.25) is 0 Å². The van der Waals surface area contributed by atoms with Crippen LogP contribution in [0.25, 0.3) is 0 Å². The van der Waals surface area contributed by atoms with Gasteiger partial charge in [0, 0.05) is 6.04 Å². The van der Waals surface area contributed by atoms with Gasteiger partial charge in [-0.2, -0.15) is 0 Å². The van der Waals surface area contributed by atoms with E-state index in [0.717, 1.165) is 24.2 Å². The van der Waals surface area contributed by atoms with Crippen LogP contribution in [0.3, 0.4) is 0 Å². The lowest BCUT2D eigenvalue weighted by atomic mass is 9.46.